The first-order valence-electron chi connectivity index (χ1n) is 6.36. The smallest absolute Gasteiger partial charge is 0.0628 e. The molecule has 0 aromatic carbocycles. The molecule has 2 rings (SSSR count). The van der Waals surface area contributed by atoms with Gasteiger partial charge in [-0.2, -0.15) is 5.26 Å². The molecule has 84 valence electrons. The lowest BCUT2D eigenvalue weighted by Gasteiger charge is -2.23. The molecule has 0 unspecified atom stereocenters. The summed E-state index contributed by atoms with van der Waals surface area (Å²) in [7, 11) is 0. The van der Waals surface area contributed by atoms with E-state index in [9.17, 15) is 0 Å². The summed E-state index contributed by atoms with van der Waals surface area (Å²) in [6, 6.07) is 2.98. The summed E-state index contributed by atoms with van der Waals surface area (Å²) in [5.74, 6) is 0.892. The number of nitrogens with zero attached hydrogens (tertiary/aromatic N) is 1. The van der Waals surface area contributed by atoms with Crippen molar-refractivity contribution in [2.24, 2.45) is 11.3 Å². The van der Waals surface area contributed by atoms with Crippen LogP contribution in [0.15, 0.2) is 0 Å². The van der Waals surface area contributed by atoms with Gasteiger partial charge in [-0.05, 0) is 43.9 Å². The average molecular weight is 206 g/mol. The van der Waals surface area contributed by atoms with Crippen LogP contribution in [0, 0.1) is 22.7 Å². The van der Waals surface area contributed by atoms with Crippen LogP contribution in [0.25, 0.3) is 0 Å². The molecular weight excluding hydrogens is 184 g/mol. The molecule has 2 nitrogen and oxygen atoms in total. The van der Waals surface area contributed by atoms with Crippen LogP contribution in [0.5, 0.6) is 0 Å². The van der Waals surface area contributed by atoms with E-state index >= 15 is 0 Å². The quantitative estimate of drug-likeness (QED) is 0.750. The highest BCUT2D eigenvalue weighted by atomic mass is 14.9. The van der Waals surface area contributed by atoms with Crippen molar-refractivity contribution in [2.75, 3.05) is 6.54 Å². The molecule has 2 saturated carbocycles. The zero-order valence-corrected chi connectivity index (χ0v) is 9.76. The first-order valence-corrected chi connectivity index (χ1v) is 6.36. The molecule has 0 heterocycles. The summed E-state index contributed by atoms with van der Waals surface area (Å²) in [4.78, 5) is 0. The summed E-state index contributed by atoms with van der Waals surface area (Å²) in [6.07, 6.45) is 8.90. The maximum Gasteiger partial charge on any atom is 0.0628 e. The van der Waals surface area contributed by atoms with Gasteiger partial charge in [0.15, 0.2) is 0 Å². The predicted octanol–water partition coefficient (Wildman–Crippen LogP) is 2.85. The molecule has 1 atom stereocenters. The molecule has 0 spiro atoms. The lowest BCUT2D eigenvalue weighted by molar-refractivity contribution is 0.344. The Morgan fingerprint density at radius 2 is 2.07 bits per heavy atom. The zero-order chi connectivity index (χ0) is 10.7. The van der Waals surface area contributed by atoms with Crippen LogP contribution in [0.4, 0.5) is 0 Å². The molecule has 0 amide bonds. The normalized spacial score (nSPS) is 26.1. The molecule has 2 fully saturated rings. The van der Waals surface area contributed by atoms with Gasteiger partial charge in [0, 0.05) is 19.0 Å². The van der Waals surface area contributed by atoms with Gasteiger partial charge in [0.1, 0.15) is 0 Å². The van der Waals surface area contributed by atoms with Crippen molar-refractivity contribution in [3.05, 3.63) is 0 Å². The Balaban J connectivity index is 1.71. The van der Waals surface area contributed by atoms with Crippen molar-refractivity contribution >= 4 is 0 Å². The first kappa shape index (κ1) is 11.0. The maximum absolute atomic E-state index is 8.74. The Labute approximate surface area is 93.0 Å². The molecule has 0 saturated heterocycles. The van der Waals surface area contributed by atoms with Crippen LogP contribution < -0.4 is 5.32 Å². The van der Waals surface area contributed by atoms with Gasteiger partial charge >= 0.3 is 0 Å². The van der Waals surface area contributed by atoms with E-state index in [2.05, 4.69) is 18.3 Å². The molecule has 0 radical (unpaired) electrons. The monoisotopic (exact) mass is 206 g/mol. The third-order valence-electron chi connectivity index (χ3n) is 4.32. The maximum atomic E-state index is 8.74. The molecule has 0 aromatic heterocycles. The fourth-order valence-electron chi connectivity index (χ4n) is 2.76. The van der Waals surface area contributed by atoms with Crippen LogP contribution in [-0.2, 0) is 0 Å². The third-order valence-corrected chi connectivity index (χ3v) is 4.32. The molecule has 15 heavy (non-hydrogen) atoms. The SMILES string of the molecule is C[C@H](NCC1(CC#N)CC1)C1CCCC1. The number of nitriles is 1. The first-order chi connectivity index (χ1) is 7.26. The van der Waals surface area contributed by atoms with Gasteiger partial charge in [-0.15, -0.1) is 0 Å². The second-order valence-electron chi connectivity index (χ2n) is 5.55. The van der Waals surface area contributed by atoms with Crippen molar-refractivity contribution in [3.8, 4) is 6.07 Å². The largest absolute Gasteiger partial charge is 0.313 e. The highest BCUT2D eigenvalue weighted by Crippen LogP contribution is 2.48. The van der Waals surface area contributed by atoms with Crippen molar-refractivity contribution in [2.45, 2.75) is 57.9 Å². The Morgan fingerprint density at radius 3 is 2.60 bits per heavy atom. The Bertz CT molecular complexity index is 244. The fourth-order valence-corrected chi connectivity index (χ4v) is 2.76. The van der Waals surface area contributed by atoms with E-state index in [0.717, 1.165) is 18.9 Å². The van der Waals surface area contributed by atoms with E-state index in [1.54, 1.807) is 0 Å². The molecular formula is C13H22N2. The van der Waals surface area contributed by atoms with Crippen molar-refractivity contribution < 1.29 is 0 Å². The lowest BCUT2D eigenvalue weighted by Crippen LogP contribution is -2.36. The van der Waals surface area contributed by atoms with E-state index < -0.39 is 0 Å². The summed E-state index contributed by atoms with van der Waals surface area (Å²) >= 11 is 0. The molecule has 2 aliphatic carbocycles. The second kappa shape index (κ2) is 4.53. The summed E-state index contributed by atoms with van der Waals surface area (Å²) in [5.41, 5.74) is 0.363. The van der Waals surface area contributed by atoms with Crippen LogP contribution in [0.3, 0.4) is 0 Å². The highest BCUT2D eigenvalue weighted by Gasteiger charge is 2.42. The summed E-state index contributed by atoms with van der Waals surface area (Å²) in [5, 5.41) is 12.4. The molecule has 2 aliphatic rings. The van der Waals surface area contributed by atoms with Gasteiger partial charge in [0.05, 0.1) is 6.07 Å². The van der Waals surface area contributed by atoms with Crippen LogP contribution >= 0.6 is 0 Å². The minimum Gasteiger partial charge on any atom is -0.313 e. The Morgan fingerprint density at radius 1 is 1.40 bits per heavy atom. The van der Waals surface area contributed by atoms with Gasteiger partial charge in [-0.1, -0.05) is 12.8 Å². The van der Waals surface area contributed by atoms with Crippen LogP contribution in [0.2, 0.25) is 0 Å². The van der Waals surface area contributed by atoms with E-state index in [4.69, 9.17) is 5.26 Å². The molecule has 1 N–H and O–H groups in total. The summed E-state index contributed by atoms with van der Waals surface area (Å²) < 4.78 is 0. The number of nitrogens with one attached hydrogen (secondary N) is 1. The van der Waals surface area contributed by atoms with E-state index in [1.807, 2.05) is 0 Å². The molecule has 0 aromatic rings. The number of hydrogen-bond donors (Lipinski definition) is 1. The second-order valence-corrected chi connectivity index (χ2v) is 5.55. The highest BCUT2D eigenvalue weighted by molar-refractivity contribution is 5.01. The minimum absolute atomic E-state index is 0.363. The topological polar surface area (TPSA) is 35.8 Å². The minimum atomic E-state index is 0.363. The van der Waals surface area contributed by atoms with Gasteiger partial charge < -0.3 is 5.32 Å². The van der Waals surface area contributed by atoms with Crippen LogP contribution in [0.1, 0.15) is 51.9 Å². The van der Waals surface area contributed by atoms with Gasteiger partial charge in [-0.25, -0.2) is 0 Å². The van der Waals surface area contributed by atoms with Crippen LogP contribution in [-0.4, -0.2) is 12.6 Å². The van der Waals surface area contributed by atoms with Crippen molar-refractivity contribution in [1.29, 1.82) is 5.26 Å². The third kappa shape index (κ3) is 2.72. The fraction of sp³-hybridized carbons (Fsp3) is 0.923. The van der Waals surface area contributed by atoms with Gasteiger partial charge in [-0.3, -0.25) is 0 Å². The van der Waals surface area contributed by atoms with E-state index in [0.29, 0.717) is 11.5 Å². The predicted molar refractivity (Wildman–Crippen MR) is 61.3 cm³/mol. The zero-order valence-electron chi connectivity index (χ0n) is 9.76. The van der Waals surface area contributed by atoms with Crippen molar-refractivity contribution in [3.63, 3.8) is 0 Å². The van der Waals surface area contributed by atoms with Crippen molar-refractivity contribution in [1.82, 2.24) is 5.32 Å². The van der Waals surface area contributed by atoms with E-state index in [1.165, 1.54) is 38.5 Å². The number of rotatable bonds is 5. The molecule has 0 aliphatic heterocycles. The Hall–Kier alpha value is -0.550. The summed E-state index contributed by atoms with van der Waals surface area (Å²) in [6.45, 7) is 3.39. The van der Waals surface area contributed by atoms with Gasteiger partial charge in [0.2, 0.25) is 0 Å². The number of hydrogen-bond acceptors (Lipinski definition) is 2. The average Bonchev–Trinajstić information content (AvgIpc) is 2.81. The van der Waals surface area contributed by atoms with Gasteiger partial charge in [0.25, 0.3) is 0 Å². The molecule has 2 heteroatoms. The standard InChI is InChI=1S/C13H22N2/c1-11(12-4-2-3-5-12)15-10-13(6-7-13)8-9-14/h11-12,15H,2-8,10H2,1H3/t11-/m0/s1. The van der Waals surface area contributed by atoms with E-state index in [-0.39, 0.29) is 0 Å². The lowest BCUT2D eigenvalue weighted by atomic mass is 9.97. The molecule has 0 bridgehead atoms. The Kier molecular flexibility index (Phi) is 3.31.